The van der Waals surface area contributed by atoms with Gasteiger partial charge in [-0.15, -0.1) is 11.8 Å². The zero-order valence-electron chi connectivity index (χ0n) is 16.0. The number of carbonyl (C=O) groups is 1. The van der Waals surface area contributed by atoms with Crippen molar-refractivity contribution in [3.63, 3.8) is 0 Å². The molecule has 1 atom stereocenters. The second-order valence-corrected chi connectivity index (χ2v) is 8.08. The van der Waals surface area contributed by atoms with E-state index in [1.54, 1.807) is 11.8 Å². The number of rotatable bonds is 6. The Balaban J connectivity index is 1.92. The van der Waals surface area contributed by atoms with Gasteiger partial charge in [0.05, 0.1) is 0 Å². The van der Waals surface area contributed by atoms with Crippen LogP contribution in [0.5, 0.6) is 0 Å². The monoisotopic (exact) mass is 375 g/mol. The summed E-state index contributed by atoms with van der Waals surface area (Å²) in [6.45, 7) is 6.35. The summed E-state index contributed by atoms with van der Waals surface area (Å²) in [5, 5.41) is 2.91. The van der Waals surface area contributed by atoms with E-state index in [4.69, 9.17) is 0 Å². The van der Waals surface area contributed by atoms with E-state index in [9.17, 15) is 4.79 Å². The fourth-order valence-electron chi connectivity index (χ4n) is 3.07. The zero-order chi connectivity index (χ0) is 19.2. The van der Waals surface area contributed by atoms with Gasteiger partial charge in [-0.3, -0.25) is 4.79 Å². The van der Waals surface area contributed by atoms with Crippen molar-refractivity contribution in [1.29, 1.82) is 0 Å². The number of benzene rings is 3. The Morgan fingerprint density at radius 3 is 2.11 bits per heavy atom. The maximum atomic E-state index is 13.3. The van der Waals surface area contributed by atoms with Crippen LogP contribution in [0.15, 0.2) is 83.8 Å². The Morgan fingerprint density at radius 2 is 1.48 bits per heavy atom. The number of para-hydroxylation sites is 1. The van der Waals surface area contributed by atoms with Crippen LogP contribution >= 0.6 is 11.8 Å². The lowest BCUT2D eigenvalue weighted by atomic mass is 9.98. The van der Waals surface area contributed by atoms with E-state index < -0.39 is 0 Å². The van der Waals surface area contributed by atoms with Crippen molar-refractivity contribution in [2.24, 2.45) is 0 Å². The molecule has 0 aliphatic heterocycles. The second kappa shape index (κ2) is 8.92. The first-order valence-electron chi connectivity index (χ1n) is 9.23. The van der Waals surface area contributed by atoms with Crippen molar-refractivity contribution in [1.82, 2.24) is 0 Å². The van der Waals surface area contributed by atoms with Gasteiger partial charge in [-0.1, -0.05) is 80.6 Å². The standard InChI is InChI=1S/C24H25NOS/c1-17(2)21-16-10-11-18(3)22(21)25-24(26)23(19-12-6-4-7-13-19)27-20-14-8-5-9-15-20/h4-17,23H,1-3H3,(H,25,26)/t23-/m1/s1. The molecule has 3 aromatic carbocycles. The largest absolute Gasteiger partial charge is 0.324 e. The lowest BCUT2D eigenvalue weighted by Gasteiger charge is -2.21. The van der Waals surface area contributed by atoms with Gasteiger partial charge in [0.2, 0.25) is 5.91 Å². The summed E-state index contributed by atoms with van der Waals surface area (Å²) >= 11 is 1.58. The third-order valence-corrected chi connectivity index (χ3v) is 5.78. The predicted molar refractivity (Wildman–Crippen MR) is 115 cm³/mol. The summed E-state index contributed by atoms with van der Waals surface area (Å²) in [6.07, 6.45) is 0. The highest BCUT2D eigenvalue weighted by Gasteiger charge is 2.23. The molecule has 3 aromatic rings. The number of thioether (sulfide) groups is 1. The number of aryl methyl sites for hydroxylation is 1. The van der Waals surface area contributed by atoms with Crippen molar-refractivity contribution < 1.29 is 4.79 Å². The van der Waals surface area contributed by atoms with Crippen LogP contribution < -0.4 is 5.32 Å². The number of amides is 1. The lowest BCUT2D eigenvalue weighted by molar-refractivity contribution is -0.115. The molecular formula is C24H25NOS. The summed E-state index contributed by atoms with van der Waals surface area (Å²) < 4.78 is 0. The van der Waals surface area contributed by atoms with E-state index in [2.05, 4.69) is 25.2 Å². The number of hydrogen-bond donors (Lipinski definition) is 1. The van der Waals surface area contributed by atoms with Crippen LogP contribution in [0.1, 0.15) is 41.7 Å². The number of hydrogen-bond acceptors (Lipinski definition) is 2. The van der Waals surface area contributed by atoms with Gasteiger partial charge >= 0.3 is 0 Å². The fourth-order valence-corrected chi connectivity index (χ4v) is 4.11. The van der Waals surface area contributed by atoms with Crippen LogP contribution in [0.2, 0.25) is 0 Å². The topological polar surface area (TPSA) is 29.1 Å². The van der Waals surface area contributed by atoms with E-state index in [1.807, 2.05) is 79.7 Å². The molecule has 1 N–H and O–H groups in total. The SMILES string of the molecule is Cc1cccc(C(C)C)c1NC(=O)[C@H](Sc1ccccc1)c1ccccc1. The van der Waals surface area contributed by atoms with E-state index in [1.165, 1.54) is 5.56 Å². The Morgan fingerprint density at radius 1 is 0.852 bits per heavy atom. The van der Waals surface area contributed by atoms with Crippen LogP contribution in [0.3, 0.4) is 0 Å². The number of anilines is 1. The van der Waals surface area contributed by atoms with E-state index in [0.717, 1.165) is 21.7 Å². The van der Waals surface area contributed by atoms with Crippen LogP contribution in [0.4, 0.5) is 5.69 Å². The molecular weight excluding hydrogens is 350 g/mol. The third-order valence-electron chi connectivity index (χ3n) is 4.51. The minimum atomic E-state index is -0.312. The average molecular weight is 376 g/mol. The van der Waals surface area contributed by atoms with Gasteiger partial charge in [-0.05, 0) is 41.7 Å². The molecule has 0 radical (unpaired) electrons. The highest BCUT2D eigenvalue weighted by Crippen LogP contribution is 2.37. The van der Waals surface area contributed by atoms with Crippen LogP contribution in [-0.4, -0.2) is 5.91 Å². The van der Waals surface area contributed by atoms with Crippen LogP contribution in [-0.2, 0) is 4.79 Å². The molecule has 0 unspecified atom stereocenters. The second-order valence-electron chi connectivity index (χ2n) is 6.90. The van der Waals surface area contributed by atoms with Gasteiger partial charge in [0.25, 0.3) is 0 Å². The van der Waals surface area contributed by atoms with Crippen molar-refractivity contribution in [3.05, 3.63) is 95.6 Å². The molecule has 0 spiro atoms. The molecule has 0 aliphatic carbocycles. The Kier molecular flexibility index (Phi) is 6.36. The first-order chi connectivity index (χ1) is 13.1. The van der Waals surface area contributed by atoms with Gasteiger partial charge in [-0.2, -0.15) is 0 Å². The summed E-state index contributed by atoms with van der Waals surface area (Å²) in [5.74, 6) is 0.350. The summed E-state index contributed by atoms with van der Waals surface area (Å²) in [6, 6.07) is 26.2. The highest BCUT2D eigenvalue weighted by atomic mass is 32.2. The van der Waals surface area contributed by atoms with Crippen LogP contribution in [0.25, 0.3) is 0 Å². The summed E-state index contributed by atoms with van der Waals surface area (Å²) in [7, 11) is 0. The maximum absolute atomic E-state index is 13.3. The minimum Gasteiger partial charge on any atom is -0.324 e. The van der Waals surface area contributed by atoms with Gasteiger partial charge < -0.3 is 5.32 Å². The van der Waals surface area contributed by atoms with Gasteiger partial charge in [-0.25, -0.2) is 0 Å². The smallest absolute Gasteiger partial charge is 0.242 e. The molecule has 3 heteroatoms. The maximum Gasteiger partial charge on any atom is 0.242 e. The minimum absolute atomic E-state index is 0.00579. The molecule has 0 aliphatic rings. The number of nitrogens with one attached hydrogen (secondary N) is 1. The molecule has 2 nitrogen and oxygen atoms in total. The van der Waals surface area contributed by atoms with Crippen molar-refractivity contribution in [3.8, 4) is 0 Å². The van der Waals surface area contributed by atoms with E-state index in [-0.39, 0.29) is 11.2 Å². The average Bonchev–Trinajstić information content (AvgIpc) is 2.69. The van der Waals surface area contributed by atoms with Crippen molar-refractivity contribution in [2.45, 2.75) is 36.8 Å². The summed E-state index contributed by atoms with van der Waals surface area (Å²) in [4.78, 5) is 14.4. The summed E-state index contributed by atoms with van der Waals surface area (Å²) in [5.41, 5.74) is 4.20. The third kappa shape index (κ3) is 4.81. The quantitative estimate of drug-likeness (QED) is 0.492. The molecule has 0 saturated carbocycles. The fraction of sp³-hybridized carbons (Fsp3) is 0.208. The number of carbonyl (C=O) groups excluding carboxylic acids is 1. The Labute approximate surface area is 166 Å². The molecule has 3 rings (SSSR count). The molecule has 138 valence electrons. The van der Waals surface area contributed by atoms with Crippen molar-refractivity contribution in [2.75, 3.05) is 5.32 Å². The predicted octanol–water partition coefficient (Wildman–Crippen LogP) is 6.59. The molecule has 0 heterocycles. The van der Waals surface area contributed by atoms with Crippen molar-refractivity contribution >= 4 is 23.4 Å². The molecule has 0 aromatic heterocycles. The van der Waals surface area contributed by atoms with E-state index >= 15 is 0 Å². The lowest BCUT2D eigenvalue weighted by Crippen LogP contribution is -2.20. The molecule has 0 fully saturated rings. The van der Waals surface area contributed by atoms with E-state index in [0.29, 0.717) is 5.92 Å². The van der Waals surface area contributed by atoms with Gasteiger partial charge in [0, 0.05) is 10.6 Å². The molecule has 1 amide bonds. The van der Waals surface area contributed by atoms with Gasteiger partial charge in [0.15, 0.2) is 0 Å². The molecule has 0 bridgehead atoms. The highest BCUT2D eigenvalue weighted by molar-refractivity contribution is 8.00. The Hall–Kier alpha value is -2.52. The first kappa shape index (κ1) is 19.2. The zero-order valence-corrected chi connectivity index (χ0v) is 16.8. The molecule has 27 heavy (non-hydrogen) atoms. The normalized spacial score (nSPS) is 12.0. The Bertz CT molecular complexity index is 891. The van der Waals surface area contributed by atoms with Gasteiger partial charge in [0.1, 0.15) is 5.25 Å². The van der Waals surface area contributed by atoms with Crippen LogP contribution in [0, 0.1) is 6.92 Å². The first-order valence-corrected chi connectivity index (χ1v) is 10.1. The molecule has 0 saturated heterocycles.